The number of cyclic esters (lactones) is 1. The van der Waals surface area contributed by atoms with Crippen LogP contribution in [0.4, 0.5) is 0 Å². The molecule has 0 aliphatic carbocycles. The zero-order valence-electron chi connectivity index (χ0n) is 14.4. The first kappa shape index (κ1) is 17.7. The number of carbonyl (C=O) groups is 3. The molecule has 26 heavy (non-hydrogen) atoms. The normalized spacial score (nSPS) is 15.6. The smallest absolute Gasteiger partial charge is 0.339 e. The van der Waals surface area contributed by atoms with E-state index < -0.39 is 18.0 Å². The number of hydrogen-bond acceptors (Lipinski definition) is 5. The average molecular weight is 353 g/mol. The maximum atomic E-state index is 12.2. The van der Waals surface area contributed by atoms with Crippen molar-refractivity contribution in [1.29, 1.82) is 0 Å². The van der Waals surface area contributed by atoms with Gasteiger partial charge in [-0.05, 0) is 36.2 Å². The molecule has 0 saturated carbocycles. The van der Waals surface area contributed by atoms with E-state index in [9.17, 15) is 14.4 Å². The fourth-order valence-electron chi connectivity index (χ4n) is 2.84. The summed E-state index contributed by atoms with van der Waals surface area (Å²) in [6, 6.07) is 14.1. The van der Waals surface area contributed by atoms with Crippen LogP contribution in [0, 0.1) is 0 Å². The topological polar surface area (TPSA) is 81.7 Å². The lowest BCUT2D eigenvalue weighted by molar-refractivity contribution is -0.124. The zero-order chi connectivity index (χ0) is 18.5. The molecule has 1 aliphatic rings. The Labute approximate surface area is 151 Å². The number of rotatable bonds is 5. The van der Waals surface area contributed by atoms with Crippen molar-refractivity contribution in [3.05, 3.63) is 70.8 Å². The number of carbonyl (C=O) groups excluding carboxylic acids is 3. The summed E-state index contributed by atoms with van der Waals surface area (Å²) < 4.78 is 10.5. The largest absolute Gasteiger partial charge is 0.454 e. The van der Waals surface area contributed by atoms with Gasteiger partial charge in [-0.15, -0.1) is 0 Å². The molecule has 0 saturated heterocycles. The van der Waals surface area contributed by atoms with Crippen molar-refractivity contribution < 1.29 is 23.9 Å². The van der Waals surface area contributed by atoms with Crippen LogP contribution in [-0.4, -0.2) is 31.0 Å². The van der Waals surface area contributed by atoms with Gasteiger partial charge >= 0.3 is 11.9 Å². The molecule has 6 nitrogen and oxygen atoms in total. The van der Waals surface area contributed by atoms with Crippen LogP contribution in [0.25, 0.3) is 0 Å². The number of nitrogens with one attached hydrogen (secondary N) is 1. The zero-order valence-corrected chi connectivity index (χ0v) is 14.4. The number of ether oxygens (including phenoxy) is 2. The molecule has 1 N–H and O–H groups in total. The van der Waals surface area contributed by atoms with Gasteiger partial charge in [0.25, 0.3) is 5.91 Å². The highest BCUT2D eigenvalue weighted by Gasteiger charge is 2.28. The Balaban J connectivity index is 1.76. The van der Waals surface area contributed by atoms with E-state index in [2.05, 4.69) is 5.32 Å². The van der Waals surface area contributed by atoms with Crippen LogP contribution in [-0.2, 0) is 20.7 Å². The highest BCUT2D eigenvalue weighted by molar-refractivity contribution is 5.96. The van der Waals surface area contributed by atoms with E-state index in [1.54, 1.807) is 19.1 Å². The highest BCUT2D eigenvalue weighted by Crippen LogP contribution is 2.31. The first-order valence-electron chi connectivity index (χ1n) is 8.41. The summed E-state index contributed by atoms with van der Waals surface area (Å²) in [6.07, 6.45) is 0.0838. The van der Waals surface area contributed by atoms with Crippen LogP contribution in [0.2, 0.25) is 0 Å². The fourth-order valence-corrected chi connectivity index (χ4v) is 2.84. The minimum absolute atomic E-state index is 0.301. The molecule has 1 atom stereocenters. The van der Waals surface area contributed by atoms with Crippen LogP contribution >= 0.6 is 0 Å². The number of esters is 2. The van der Waals surface area contributed by atoms with Crippen LogP contribution in [0.3, 0.4) is 0 Å². The van der Waals surface area contributed by atoms with Gasteiger partial charge in [-0.25, -0.2) is 9.59 Å². The van der Waals surface area contributed by atoms with E-state index in [1.807, 2.05) is 30.3 Å². The Hall–Kier alpha value is -3.15. The second kappa shape index (κ2) is 7.82. The standard InChI is InChI=1S/C20H19NO5/c1-2-21-18(22)12-25-19(23)14-8-9-16-15(10-14)11-17(26-20(16)24)13-6-4-3-5-7-13/h3-10,17H,2,11-12H2,1H3,(H,21,22)/t17-/m1/s1. The van der Waals surface area contributed by atoms with Crippen LogP contribution < -0.4 is 5.32 Å². The Morgan fingerprint density at radius 3 is 2.69 bits per heavy atom. The van der Waals surface area contributed by atoms with Gasteiger partial charge in [-0.2, -0.15) is 0 Å². The minimum atomic E-state index is -0.603. The van der Waals surface area contributed by atoms with E-state index in [-0.39, 0.29) is 12.5 Å². The highest BCUT2D eigenvalue weighted by atomic mass is 16.5. The van der Waals surface area contributed by atoms with Crippen molar-refractivity contribution in [3.63, 3.8) is 0 Å². The van der Waals surface area contributed by atoms with Gasteiger partial charge in [0.15, 0.2) is 6.61 Å². The predicted molar refractivity (Wildman–Crippen MR) is 93.7 cm³/mol. The molecule has 0 aromatic heterocycles. The third kappa shape index (κ3) is 3.91. The lowest BCUT2D eigenvalue weighted by atomic mass is 9.93. The number of amides is 1. The molecule has 134 valence electrons. The van der Waals surface area contributed by atoms with Gasteiger partial charge in [-0.1, -0.05) is 30.3 Å². The Morgan fingerprint density at radius 2 is 1.96 bits per heavy atom. The summed E-state index contributed by atoms with van der Waals surface area (Å²) in [4.78, 5) is 35.8. The molecule has 1 amide bonds. The number of fused-ring (bicyclic) bond motifs is 1. The molecule has 1 aliphatic heterocycles. The van der Waals surface area contributed by atoms with E-state index in [4.69, 9.17) is 9.47 Å². The van der Waals surface area contributed by atoms with E-state index in [0.29, 0.717) is 24.1 Å². The molecule has 1 heterocycles. The van der Waals surface area contributed by atoms with E-state index >= 15 is 0 Å². The minimum Gasteiger partial charge on any atom is -0.454 e. The summed E-state index contributed by atoms with van der Waals surface area (Å²) in [7, 11) is 0. The first-order chi connectivity index (χ1) is 12.6. The van der Waals surface area contributed by atoms with Crippen molar-refractivity contribution in [2.45, 2.75) is 19.4 Å². The SMILES string of the molecule is CCNC(=O)COC(=O)c1ccc2c(c1)C[C@H](c1ccccc1)OC2=O. The second-order valence-corrected chi connectivity index (χ2v) is 5.91. The Bertz CT molecular complexity index is 831. The van der Waals surface area contributed by atoms with Gasteiger partial charge < -0.3 is 14.8 Å². The van der Waals surface area contributed by atoms with Crippen LogP contribution in [0.1, 0.15) is 44.9 Å². The Kier molecular flexibility index (Phi) is 5.31. The number of hydrogen-bond donors (Lipinski definition) is 1. The number of likely N-dealkylation sites (N-methyl/N-ethyl adjacent to an activating group) is 1. The van der Waals surface area contributed by atoms with E-state index in [0.717, 1.165) is 11.1 Å². The van der Waals surface area contributed by atoms with Crippen molar-refractivity contribution in [1.82, 2.24) is 5.32 Å². The summed E-state index contributed by atoms with van der Waals surface area (Å²) in [6.45, 7) is 1.92. The Morgan fingerprint density at radius 1 is 1.19 bits per heavy atom. The summed E-state index contributed by atoms with van der Waals surface area (Å²) in [5.74, 6) is -1.37. The molecule has 0 radical (unpaired) electrons. The molecule has 2 aromatic carbocycles. The predicted octanol–water partition coefficient (Wildman–Crippen LogP) is 2.43. The molecule has 2 aromatic rings. The van der Waals surface area contributed by atoms with Gasteiger partial charge in [0, 0.05) is 13.0 Å². The molecular weight excluding hydrogens is 334 g/mol. The maximum absolute atomic E-state index is 12.2. The second-order valence-electron chi connectivity index (χ2n) is 5.91. The van der Waals surface area contributed by atoms with Crippen molar-refractivity contribution in [2.75, 3.05) is 13.2 Å². The third-order valence-electron chi connectivity index (χ3n) is 4.10. The molecule has 0 bridgehead atoms. The summed E-state index contributed by atoms with van der Waals surface area (Å²) in [5.41, 5.74) is 2.37. The van der Waals surface area contributed by atoms with Crippen LogP contribution in [0.15, 0.2) is 48.5 Å². The van der Waals surface area contributed by atoms with Gasteiger partial charge in [-0.3, -0.25) is 4.79 Å². The quantitative estimate of drug-likeness (QED) is 0.835. The average Bonchev–Trinajstić information content (AvgIpc) is 2.66. The molecule has 0 unspecified atom stereocenters. The van der Waals surface area contributed by atoms with Gasteiger partial charge in [0.2, 0.25) is 0 Å². The molecule has 3 rings (SSSR count). The molecule has 0 fully saturated rings. The van der Waals surface area contributed by atoms with Crippen molar-refractivity contribution in [3.8, 4) is 0 Å². The van der Waals surface area contributed by atoms with Crippen LogP contribution in [0.5, 0.6) is 0 Å². The molecular formula is C20H19NO5. The monoisotopic (exact) mass is 353 g/mol. The van der Waals surface area contributed by atoms with Gasteiger partial charge in [0.1, 0.15) is 6.10 Å². The van der Waals surface area contributed by atoms with Crippen molar-refractivity contribution >= 4 is 17.8 Å². The lowest BCUT2D eigenvalue weighted by Gasteiger charge is -2.25. The summed E-state index contributed by atoms with van der Waals surface area (Å²) in [5, 5.41) is 2.55. The van der Waals surface area contributed by atoms with E-state index in [1.165, 1.54) is 6.07 Å². The number of benzene rings is 2. The van der Waals surface area contributed by atoms with Crippen molar-refractivity contribution in [2.24, 2.45) is 0 Å². The lowest BCUT2D eigenvalue weighted by Crippen LogP contribution is -2.28. The third-order valence-corrected chi connectivity index (χ3v) is 4.10. The maximum Gasteiger partial charge on any atom is 0.339 e. The molecule has 6 heteroatoms. The summed E-state index contributed by atoms with van der Waals surface area (Å²) >= 11 is 0. The fraction of sp³-hybridized carbons (Fsp3) is 0.250. The first-order valence-corrected chi connectivity index (χ1v) is 8.41. The van der Waals surface area contributed by atoms with Gasteiger partial charge in [0.05, 0.1) is 11.1 Å². The molecule has 0 spiro atoms.